The van der Waals surface area contributed by atoms with Gasteiger partial charge in [-0.25, -0.2) is 4.98 Å². The number of methoxy groups -OCH3 is 4. The number of nitrogens with zero attached hydrogens (tertiary/aromatic N) is 5. The third-order valence-corrected chi connectivity index (χ3v) is 7.37. The summed E-state index contributed by atoms with van der Waals surface area (Å²) in [6, 6.07) is 11.2. The Labute approximate surface area is 259 Å². The molecule has 234 valence electrons. The third-order valence-electron chi connectivity index (χ3n) is 7.37. The molecule has 1 aliphatic rings. The van der Waals surface area contributed by atoms with Crippen LogP contribution in [0.4, 0.5) is 11.4 Å². The van der Waals surface area contributed by atoms with Crippen LogP contribution in [0.1, 0.15) is 55.9 Å². The summed E-state index contributed by atoms with van der Waals surface area (Å²) < 4.78 is 28.9. The molecule has 2 aromatic heterocycles. The number of benzene rings is 1. The van der Waals surface area contributed by atoms with E-state index in [4.69, 9.17) is 23.7 Å². The van der Waals surface area contributed by atoms with E-state index in [0.717, 1.165) is 24.0 Å². The van der Waals surface area contributed by atoms with Crippen LogP contribution in [0.25, 0.3) is 11.3 Å². The van der Waals surface area contributed by atoms with Gasteiger partial charge >= 0.3 is 0 Å². The minimum atomic E-state index is -2.13. The normalized spacial score (nSPS) is 16.0. The number of anilines is 2. The summed E-state index contributed by atoms with van der Waals surface area (Å²) in [7, 11) is 9.74. The predicted octanol–water partition coefficient (Wildman–Crippen LogP) is 5.38. The summed E-state index contributed by atoms with van der Waals surface area (Å²) >= 11 is 0. The standard InChI is InChI=1S/C33H41N5O6/c1-10-11-12-24-21(18-34)13-14-25-29(24)31(37(4)5)30(22-15-27(40-6)36-28(16-22)41-7)33(39,43-9)38(25)26-17-23(44-20(2)3)19-35-32(26)42-8/h13-17,19-20,39H,10-12H2,1-9H3. The molecule has 1 atom stereocenters. The van der Waals surface area contributed by atoms with E-state index in [9.17, 15) is 10.4 Å². The highest BCUT2D eigenvalue weighted by atomic mass is 16.6. The van der Waals surface area contributed by atoms with E-state index in [1.54, 1.807) is 35.4 Å². The molecule has 0 aliphatic carbocycles. The summed E-state index contributed by atoms with van der Waals surface area (Å²) in [5.74, 6) is -0.856. The molecule has 11 nitrogen and oxygen atoms in total. The lowest BCUT2D eigenvalue weighted by Gasteiger charge is -2.47. The quantitative estimate of drug-likeness (QED) is 0.269. The number of pyridine rings is 2. The molecular weight excluding hydrogens is 562 g/mol. The summed E-state index contributed by atoms with van der Waals surface area (Å²) in [5, 5.41) is 23.2. The molecule has 1 aliphatic heterocycles. The van der Waals surface area contributed by atoms with E-state index in [-0.39, 0.29) is 23.7 Å². The molecule has 0 fully saturated rings. The molecule has 1 unspecified atom stereocenters. The van der Waals surface area contributed by atoms with Crippen LogP contribution in [0.15, 0.2) is 36.5 Å². The van der Waals surface area contributed by atoms with Crippen LogP contribution in [0.2, 0.25) is 0 Å². The number of unbranched alkanes of at least 4 members (excludes halogenated alkanes) is 1. The van der Waals surface area contributed by atoms with Crippen LogP contribution in [0.5, 0.6) is 23.4 Å². The van der Waals surface area contributed by atoms with Crippen molar-refractivity contribution in [1.29, 1.82) is 5.26 Å². The fraction of sp³-hybridized carbons (Fsp3) is 0.424. The average Bonchev–Trinajstić information content (AvgIpc) is 3.02. The zero-order valence-electron chi connectivity index (χ0n) is 26.9. The largest absolute Gasteiger partial charge is 0.489 e. The molecule has 1 N–H and O–H groups in total. The summed E-state index contributed by atoms with van der Waals surface area (Å²) in [6.45, 7) is 5.95. The maximum atomic E-state index is 12.9. The fourth-order valence-corrected chi connectivity index (χ4v) is 5.53. The second-order valence-corrected chi connectivity index (χ2v) is 10.8. The third kappa shape index (κ3) is 5.83. The van der Waals surface area contributed by atoms with E-state index in [1.807, 2.05) is 38.9 Å². The molecule has 11 heteroatoms. The molecule has 4 rings (SSSR count). The maximum absolute atomic E-state index is 12.9. The number of aromatic nitrogens is 2. The number of nitriles is 1. The van der Waals surface area contributed by atoms with Gasteiger partial charge in [0.1, 0.15) is 11.4 Å². The van der Waals surface area contributed by atoms with Crippen LogP contribution in [-0.2, 0) is 11.2 Å². The second-order valence-electron chi connectivity index (χ2n) is 10.8. The SMILES string of the molecule is CCCCc1c(C#N)ccc2c1C(N(C)C)=C(c1cc(OC)nc(OC)c1)C(O)(OC)N2c1cc(OC(C)C)cnc1OC. The van der Waals surface area contributed by atoms with E-state index in [2.05, 4.69) is 23.0 Å². The molecular formula is C33H41N5O6. The van der Waals surface area contributed by atoms with Crippen molar-refractivity contribution in [1.82, 2.24) is 14.9 Å². The number of hydrogen-bond donors (Lipinski definition) is 1. The van der Waals surface area contributed by atoms with Gasteiger partial charge in [0.15, 0.2) is 0 Å². The van der Waals surface area contributed by atoms with Crippen LogP contribution in [0.3, 0.4) is 0 Å². The van der Waals surface area contributed by atoms with Gasteiger partial charge in [0.25, 0.3) is 5.91 Å². The van der Waals surface area contributed by atoms with Crippen LogP contribution in [-0.4, -0.2) is 74.5 Å². The number of aliphatic hydroxyl groups is 1. The van der Waals surface area contributed by atoms with Crippen LogP contribution < -0.4 is 23.8 Å². The molecule has 0 spiro atoms. The van der Waals surface area contributed by atoms with Gasteiger partial charge in [-0.2, -0.15) is 10.2 Å². The molecule has 0 bridgehead atoms. The van der Waals surface area contributed by atoms with E-state index >= 15 is 0 Å². The first-order valence-electron chi connectivity index (χ1n) is 14.5. The summed E-state index contributed by atoms with van der Waals surface area (Å²) in [5.41, 5.74) is 4.72. The predicted molar refractivity (Wildman–Crippen MR) is 168 cm³/mol. The Morgan fingerprint density at radius 1 is 1.02 bits per heavy atom. The highest BCUT2D eigenvalue weighted by Crippen LogP contribution is 2.54. The molecule has 0 radical (unpaired) electrons. The Morgan fingerprint density at radius 3 is 2.23 bits per heavy atom. The zero-order chi connectivity index (χ0) is 32.2. The Morgan fingerprint density at radius 2 is 1.70 bits per heavy atom. The molecule has 1 aromatic carbocycles. The smallest absolute Gasteiger partial charge is 0.284 e. The average molecular weight is 604 g/mol. The van der Waals surface area contributed by atoms with Crippen molar-refractivity contribution in [2.45, 2.75) is 52.0 Å². The summed E-state index contributed by atoms with van der Waals surface area (Å²) in [6.07, 6.45) is 3.88. The van der Waals surface area contributed by atoms with Crippen molar-refractivity contribution in [2.75, 3.05) is 47.4 Å². The van der Waals surface area contributed by atoms with Crippen molar-refractivity contribution in [3.8, 4) is 29.5 Å². The maximum Gasteiger partial charge on any atom is 0.284 e. The molecule has 3 heterocycles. The van der Waals surface area contributed by atoms with Crippen molar-refractivity contribution in [2.24, 2.45) is 0 Å². The van der Waals surface area contributed by atoms with E-state index in [0.29, 0.717) is 45.9 Å². The van der Waals surface area contributed by atoms with Gasteiger partial charge < -0.3 is 33.7 Å². The Bertz CT molecular complexity index is 1560. The van der Waals surface area contributed by atoms with Gasteiger partial charge in [-0.1, -0.05) is 13.3 Å². The first-order chi connectivity index (χ1) is 21.1. The molecule has 0 saturated carbocycles. The van der Waals surface area contributed by atoms with Crippen LogP contribution >= 0.6 is 0 Å². The lowest BCUT2D eigenvalue weighted by atomic mass is 9.84. The van der Waals surface area contributed by atoms with Crippen molar-refractivity contribution in [3.63, 3.8) is 0 Å². The Balaban J connectivity index is 2.24. The first-order valence-corrected chi connectivity index (χ1v) is 14.5. The van der Waals surface area contributed by atoms with Crippen molar-refractivity contribution in [3.05, 3.63) is 58.8 Å². The number of fused-ring (bicyclic) bond motifs is 1. The minimum Gasteiger partial charge on any atom is -0.489 e. The lowest BCUT2D eigenvalue weighted by Crippen LogP contribution is -2.52. The fourth-order valence-electron chi connectivity index (χ4n) is 5.53. The number of rotatable bonds is 12. The minimum absolute atomic E-state index is 0.126. The summed E-state index contributed by atoms with van der Waals surface area (Å²) in [4.78, 5) is 12.5. The molecule has 0 amide bonds. The van der Waals surface area contributed by atoms with Crippen LogP contribution in [0, 0.1) is 11.3 Å². The van der Waals surface area contributed by atoms with Gasteiger partial charge in [-0.05, 0) is 49.9 Å². The topological polar surface area (TPSA) is 122 Å². The lowest BCUT2D eigenvalue weighted by molar-refractivity contribution is -0.131. The first kappa shape index (κ1) is 32.4. The highest BCUT2D eigenvalue weighted by Gasteiger charge is 2.50. The Kier molecular flexibility index (Phi) is 9.87. The number of hydrogen-bond acceptors (Lipinski definition) is 11. The van der Waals surface area contributed by atoms with Gasteiger partial charge in [0, 0.05) is 45.0 Å². The van der Waals surface area contributed by atoms with Crippen molar-refractivity contribution >= 4 is 22.6 Å². The van der Waals surface area contributed by atoms with Gasteiger partial charge in [-0.3, -0.25) is 4.90 Å². The van der Waals surface area contributed by atoms with Crippen molar-refractivity contribution < 1.29 is 28.8 Å². The molecule has 44 heavy (non-hydrogen) atoms. The monoisotopic (exact) mass is 603 g/mol. The number of ether oxygens (including phenoxy) is 5. The Hall–Kier alpha value is -4.53. The van der Waals surface area contributed by atoms with E-state index in [1.165, 1.54) is 28.4 Å². The zero-order valence-corrected chi connectivity index (χ0v) is 26.9. The molecule has 0 saturated heterocycles. The second kappa shape index (κ2) is 13.4. The van der Waals surface area contributed by atoms with Gasteiger partial charge in [-0.15, -0.1) is 0 Å². The molecule has 3 aromatic rings. The van der Waals surface area contributed by atoms with Gasteiger partial charge in [0.2, 0.25) is 17.6 Å². The highest BCUT2D eigenvalue weighted by molar-refractivity contribution is 6.04. The van der Waals surface area contributed by atoms with E-state index < -0.39 is 5.91 Å². The van der Waals surface area contributed by atoms with Gasteiger partial charge in [0.05, 0.1) is 62.2 Å².